The molecule has 1 N–H and O–H groups in total. The molecule has 0 spiro atoms. The van der Waals surface area contributed by atoms with Gasteiger partial charge in [-0.25, -0.2) is 8.42 Å². The maximum absolute atomic E-state index is 13.1. The first-order valence-corrected chi connectivity index (χ1v) is 11.8. The maximum atomic E-state index is 13.1. The van der Waals surface area contributed by atoms with E-state index in [4.69, 9.17) is 4.74 Å². The van der Waals surface area contributed by atoms with E-state index < -0.39 is 10.0 Å². The van der Waals surface area contributed by atoms with Crippen LogP contribution in [0.2, 0.25) is 0 Å². The molecule has 1 aliphatic carbocycles. The number of hydrogen-bond acceptors (Lipinski definition) is 5. The Bertz CT molecular complexity index is 809. The topological polar surface area (TPSA) is 79.0 Å². The van der Waals surface area contributed by atoms with Crippen molar-refractivity contribution >= 4 is 27.3 Å². The normalized spacial score (nSPS) is 21.9. The Hall–Kier alpha value is -1.64. The predicted molar refractivity (Wildman–Crippen MR) is 108 cm³/mol. The van der Waals surface area contributed by atoms with Gasteiger partial charge in [-0.05, 0) is 43.9 Å². The average Bonchev–Trinajstić information content (AvgIpc) is 3.43. The Kier molecular flexibility index (Phi) is 5.89. The van der Waals surface area contributed by atoms with Crippen LogP contribution in [0, 0.1) is 5.92 Å². The third-order valence-corrected chi connectivity index (χ3v) is 7.90. The summed E-state index contributed by atoms with van der Waals surface area (Å²) in [6.07, 6.45) is 6.23. The number of morpholine rings is 1. The van der Waals surface area contributed by atoms with E-state index in [9.17, 15) is 13.2 Å². The molecule has 2 heterocycles. The van der Waals surface area contributed by atoms with Gasteiger partial charge in [-0.2, -0.15) is 4.31 Å². The molecule has 2 saturated heterocycles. The number of rotatable bonds is 5. The molecule has 0 aromatic heterocycles. The molecule has 1 amide bonds. The zero-order valence-corrected chi connectivity index (χ0v) is 17.0. The predicted octanol–water partition coefficient (Wildman–Crippen LogP) is 2.44. The van der Waals surface area contributed by atoms with Crippen molar-refractivity contribution in [2.45, 2.75) is 43.4 Å². The van der Waals surface area contributed by atoms with Crippen LogP contribution in [-0.2, 0) is 19.6 Å². The molecule has 0 unspecified atom stereocenters. The molecule has 3 fully saturated rings. The van der Waals surface area contributed by atoms with Crippen LogP contribution < -0.4 is 10.2 Å². The van der Waals surface area contributed by atoms with Crippen molar-refractivity contribution in [1.29, 1.82) is 0 Å². The highest BCUT2D eigenvalue weighted by molar-refractivity contribution is 7.89. The molecule has 8 heteroatoms. The Balaban J connectivity index is 1.64. The van der Waals surface area contributed by atoms with E-state index in [-0.39, 0.29) is 16.7 Å². The first kappa shape index (κ1) is 19.7. The van der Waals surface area contributed by atoms with Crippen molar-refractivity contribution in [2.75, 3.05) is 49.6 Å². The van der Waals surface area contributed by atoms with Gasteiger partial charge in [-0.15, -0.1) is 0 Å². The lowest BCUT2D eigenvalue weighted by Crippen LogP contribution is -2.40. The van der Waals surface area contributed by atoms with Crippen LogP contribution in [0.4, 0.5) is 11.4 Å². The van der Waals surface area contributed by atoms with Gasteiger partial charge in [-0.3, -0.25) is 4.79 Å². The minimum absolute atomic E-state index is 0.0128. The number of amides is 1. The molecule has 0 atom stereocenters. The first-order valence-electron chi connectivity index (χ1n) is 10.3. The van der Waals surface area contributed by atoms with E-state index in [0.29, 0.717) is 32.0 Å². The molecule has 1 saturated carbocycles. The van der Waals surface area contributed by atoms with Gasteiger partial charge >= 0.3 is 0 Å². The van der Waals surface area contributed by atoms with Gasteiger partial charge in [-0.1, -0.05) is 12.8 Å². The number of benzene rings is 1. The third-order valence-electron chi connectivity index (χ3n) is 6.01. The maximum Gasteiger partial charge on any atom is 0.243 e. The molecule has 0 bridgehead atoms. The summed E-state index contributed by atoms with van der Waals surface area (Å²) in [5, 5.41) is 3.06. The monoisotopic (exact) mass is 407 g/mol. The number of carbonyl (C=O) groups is 1. The third kappa shape index (κ3) is 4.04. The number of ether oxygens (including phenoxy) is 1. The fourth-order valence-corrected chi connectivity index (χ4v) is 5.80. The fourth-order valence-electron chi connectivity index (χ4n) is 4.37. The van der Waals surface area contributed by atoms with Crippen LogP contribution in [0.1, 0.15) is 38.5 Å². The van der Waals surface area contributed by atoms with Crippen molar-refractivity contribution in [3.8, 4) is 0 Å². The molecular formula is C20H29N3O4S. The van der Waals surface area contributed by atoms with E-state index in [1.54, 1.807) is 12.1 Å². The van der Waals surface area contributed by atoms with E-state index in [1.807, 2.05) is 6.07 Å². The lowest BCUT2D eigenvalue weighted by molar-refractivity contribution is -0.119. The summed E-state index contributed by atoms with van der Waals surface area (Å²) >= 11 is 0. The molecule has 28 heavy (non-hydrogen) atoms. The van der Waals surface area contributed by atoms with Crippen molar-refractivity contribution < 1.29 is 17.9 Å². The second-order valence-electron chi connectivity index (χ2n) is 7.86. The lowest BCUT2D eigenvalue weighted by atomic mass is 10.1. The second-order valence-corrected chi connectivity index (χ2v) is 9.80. The molecule has 1 aromatic carbocycles. The molecular weight excluding hydrogens is 378 g/mol. The Labute approximate surface area is 167 Å². The molecule has 2 aliphatic heterocycles. The van der Waals surface area contributed by atoms with Crippen LogP contribution in [-0.4, -0.2) is 58.0 Å². The standard InChI is InChI=1S/C20H29N3O4S/c24-20(16-5-1-2-6-16)21-18-15-17(7-8-19(18)22-9-3-4-10-22)28(25,26)23-11-13-27-14-12-23/h7-8,15-16H,1-6,9-14H2,(H,21,24). The number of hydrogen-bond donors (Lipinski definition) is 1. The average molecular weight is 408 g/mol. The van der Waals surface area contributed by atoms with Crippen LogP contribution in [0.15, 0.2) is 23.1 Å². The van der Waals surface area contributed by atoms with Crippen LogP contribution >= 0.6 is 0 Å². The minimum atomic E-state index is -3.60. The summed E-state index contributed by atoms with van der Waals surface area (Å²) < 4.78 is 32.9. The molecule has 4 rings (SSSR count). The van der Waals surface area contributed by atoms with Crippen molar-refractivity contribution in [1.82, 2.24) is 4.31 Å². The SMILES string of the molecule is O=C(Nc1cc(S(=O)(=O)N2CCOCC2)ccc1N1CCCC1)C1CCCC1. The summed E-state index contributed by atoms with van der Waals surface area (Å²) in [5.74, 6) is 0.0461. The second kappa shape index (κ2) is 8.39. The molecule has 1 aromatic rings. The highest BCUT2D eigenvalue weighted by atomic mass is 32.2. The summed E-state index contributed by atoms with van der Waals surface area (Å²) in [7, 11) is -3.60. The number of carbonyl (C=O) groups excluding carboxylic acids is 1. The Morgan fingerprint density at radius 2 is 1.68 bits per heavy atom. The van der Waals surface area contributed by atoms with E-state index in [1.165, 1.54) is 4.31 Å². The largest absolute Gasteiger partial charge is 0.379 e. The van der Waals surface area contributed by atoms with Gasteiger partial charge < -0.3 is 15.0 Å². The molecule has 7 nitrogen and oxygen atoms in total. The van der Waals surface area contributed by atoms with Gasteiger partial charge in [0.25, 0.3) is 0 Å². The number of anilines is 2. The van der Waals surface area contributed by atoms with Gasteiger partial charge in [0.2, 0.25) is 15.9 Å². The summed E-state index contributed by atoms with van der Waals surface area (Å²) in [6.45, 7) is 3.41. The van der Waals surface area contributed by atoms with Gasteiger partial charge in [0.05, 0.1) is 29.5 Å². The minimum Gasteiger partial charge on any atom is -0.379 e. The number of nitrogens with zero attached hydrogens (tertiary/aromatic N) is 2. The van der Waals surface area contributed by atoms with Crippen molar-refractivity contribution in [3.05, 3.63) is 18.2 Å². The highest BCUT2D eigenvalue weighted by Crippen LogP contribution is 2.34. The van der Waals surface area contributed by atoms with Crippen molar-refractivity contribution in [2.24, 2.45) is 5.92 Å². The van der Waals surface area contributed by atoms with Gasteiger partial charge in [0.1, 0.15) is 0 Å². The first-order chi connectivity index (χ1) is 13.6. The lowest BCUT2D eigenvalue weighted by Gasteiger charge is -2.27. The number of nitrogens with one attached hydrogen (secondary N) is 1. The molecule has 3 aliphatic rings. The Morgan fingerprint density at radius 1 is 1.00 bits per heavy atom. The smallest absolute Gasteiger partial charge is 0.243 e. The molecule has 0 radical (unpaired) electrons. The van der Waals surface area contributed by atoms with Crippen LogP contribution in [0.3, 0.4) is 0 Å². The summed E-state index contributed by atoms with van der Waals surface area (Å²) in [4.78, 5) is 15.2. The molecule has 154 valence electrons. The van der Waals surface area contributed by atoms with Crippen LogP contribution in [0.25, 0.3) is 0 Å². The fraction of sp³-hybridized carbons (Fsp3) is 0.650. The van der Waals surface area contributed by atoms with Gasteiger partial charge in [0, 0.05) is 32.1 Å². The number of sulfonamides is 1. The Morgan fingerprint density at radius 3 is 2.36 bits per heavy atom. The zero-order valence-electron chi connectivity index (χ0n) is 16.2. The van der Waals surface area contributed by atoms with Crippen molar-refractivity contribution in [3.63, 3.8) is 0 Å². The van der Waals surface area contributed by atoms with E-state index >= 15 is 0 Å². The summed E-state index contributed by atoms with van der Waals surface area (Å²) in [6, 6.07) is 5.16. The highest BCUT2D eigenvalue weighted by Gasteiger charge is 2.29. The van der Waals surface area contributed by atoms with E-state index in [0.717, 1.165) is 57.3 Å². The zero-order chi connectivity index (χ0) is 19.6. The van der Waals surface area contributed by atoms with Crippen LogP contribution in [0.5, 0.6) is 0 Å². The van der Waals surface area contributed by atoms with E-state index in [2.05, 4.69) is 10.2 Å². The van der Waals surface area contributed by atoms with Gasteiger partial charge in [0.15, 0.2) is 0 Å². The quantitative estimate of drug-likeness (QED) is 0.811. The summed E-state index contributed by atoms with van der Waals surface area (Å²) in [5.41, 5.74) is 1.54.